The van der Waals surface area contributed by atoms with Crippen LogP contribution in [0.3, 0.4) is 0 Å². The van der Waals surface area contributed by atoms with E-state index in [1.165, 1.54) is 7.11 Å². The molecule has 0 spiro atoms. The fourth-order valence-electron chi connectivity index (χ4n) is 3.30. The Balaban J connectivity index is 1.91. The zero-order chi connectivity index (χ0) is 15.7. The minimum Gasteiger partial charge on any atom is -0.497 e. The number of rotatable bonds is 4. The van der Waals surface area contributed by atoms with Crippen molar-refractivity contribution >= 4 is 10.0 Å². The number of methoxy groups -OCH3 is 2. The van der Waals surface area contributed by atoms with Crippen molar-refractivity contribution in [2.24, 2.45) is 0 Å². The Morgan fingerprint density at radius 1 is 1.27 bits per heavy atom. The number of ether oxygens (including phenoxy) is 3. The van der Waals surface area contributed by atoms with Crippen molar-refractivity contribution in [1.29, 1.82) is 0 Å². The fourth-order valence-corrected chi connectivity index (χ4v) is 5.01. The lowest BCUT2D eigenvalue weighted by atomic mass is 9.98. The van der Waals surface area contributed by atoms with Crippen molar-refractivity contribution in [3.63, 3.8) is 0 Å². The average molecular weight is 327 g/mol. The van der Waals surface area contributed by atoms with E-state index in [1.807, 2.05) is 0 Å². The van der Waals surface area contributed by atoms with Crippen LogP contribution in [0.5, 0.6) is 5.75 Å². The van der Waals surface area contributed by atoms with Crippen LogP contribution in [0.4, 0.5) is 0 Å². The molecule has 3 atom stereocenters. The molecular formula is C15H21NO5S. The zero-order valence-corrected chi connectivity index (χ0v) is 13.6. The fraction of sp³-hybridized carbons (Fsp3) is 0.600. The van der Waals surface area contributed by atoms with Crippen LogP contribution in [0, 0.1) is 0 Å². The van der Waals surface area contributed by atoms with Crippen LogP contribution < -0.4 is 4.74 Å². The maximum absolute atomic E-state index is 13.0. The van der Waals surface area contributed by atoms with Crippen LogP contribution in [0.1, 0.15) is 12.8 Å². The molecule has 0 saturated carbocycles. The Kier molecular flexibility index (Phi) is 4.40. The second-order valence-electron chi connectivity index (χ2n) is 5.55. The third-order valence-electron chi connectivity index (χ3n) is 4.42. The van der Waals surface area contributed by atoms with E-state index in [4.69, 9.17) is 14.2 Å². The smallest absolute Gasteiger partial charge is 0.243 e. The van der Waals surface area contributed by atoms with Crippen molar-refractivity contribution < 1.29 is 22.6 Å². The van der Waals surface area contributed by atoms with Gasteiger partial charge in [0.05, 0.1) is 24.2 Å². The molecule has 0 aromatic heterocycles. The van der Waals surface area contributed by atoms with E-state index >= 15 is 0 Å². The number of hydrogen-bond donors (Lipinski definition) is 0. The van der Waals surface area contributed by atoms with Gasteiger partial charge in [-0.05, 0) is 25.0 Å². The van der Waals surface area contributed by atoms with Gasteiger partial charge in [-0.25, -0.2) is 8.42 Å². The lowest BCUT2D eigenvalue weighted by Crippen LogP contribution is -2.54. The third-order valence-corrected chi connectivity index (χ3v) is 6.34. The molecule has 3 rings (SSSR count). The third kappa shape index (κ3) is 2.62. The van der Waals surface area contributed by atoms with Gasteiger partial charge in [0.25, 0.3) is 0 Å². The number of benzene rings is 1. The Morgan fingerprint density at radius 2 is 2.09 bits per heavy atom. The van der Waals surface area contributed by atoms with Crippen LogP contribution in [-0.2, 0) is 19.5 Å². The van der Waals surface area contributed by atoms with Crippen LogP contribution in [0.2, 0.25) is 0 Å². The number of fused-ring (bicyclic) bond motifs is 1. The van der Waals surface area contributed by atoms with E-state index in [-0.39, 0.29) is 23.1 Å². The average Bonchev–Trinajstić information content (AvgIpc) is 3.03. The predicted octanol–water partition coefficient (Wildman–Crippen LogP) is 1.26. The van der Waals surface area contributed by atoms with Crippen LogP contribution in [0.25, 0.3) is 0 Å². The number of sulfonamides is 1. The summed E-state index contributed by atoms with van der Waals surface area (Å²) in [6, 6.07) is 6.43. The summed E-state index contributed by atoms with van der Waals surface area (Å²) < 4.78 is 43.8. The van der Waals surface area contributed by atoms with Gasteiger partial charge >= 0.3 is 0 Å². The van der Waals surface area contributed by atoms with E-state index in [1.54, 1.807) is 35.7 Å². The standard InChI is InChI=1S/C15H21NO5S/c1-19-11-4-3-5-12(10-11)22(17,18)16-8-6-14(20-2)15-13(16)7-9-21-15/h3-5,10,13-15H,6-9H2,1-2H3/t13-,14-,15-/m0/s1. The molecule has 2 aliphatic heterocycles. The van der Waals surface area contributed by atoms with Crippen LogP contribution in [0.15, 0.2) is 29.2 Å². The summed E-state index contributed by atoms with van der Waals surface area (Å²) in [6.45, 7) is 1.02. The molecule has 6 nitrogen and oxygen atoms in total. The molecule has 1 aromatic carbocycles. The Bertz CT molecular complexity index is 633. The summed E-state index contributed by atoms with van der Waals surface area (Å²) in [5.41, 5.74) is 0. The molecule has 7 heteroatoms. The van der Waals surface area contributed by atoms with Crippen molar-refractivity contribution in [3.05, 3.63) is 24.3 Å². The van der Waals surface area contributed by atoms with Gasteiger partial charge in [-0.3, -0.25) is 0 Å². The first-order chi connectivity index (χ1) is 10.6. The van der Waals surface area contributed by atoms with Crippen LogP contribution >= 0.6 is 0 Å². The minimum absolute atomic E-state index is 0.0377. The second-order valence-corrected chi connectivity index (χ2v) is 7.44. The van der Waals surface area contributed by atoms with Crippen molar-refractivity contribution in [2.75, 3.05) is 27.4 Å². The molecule has 0 bridgehead atoms. The molecule has 0 radical (unpaired) electrons. The number of hydrogen-bond acceptors (Lipinski definition) is 5. The quantitative estimate of drug-likeness (QED) is 0.833. The minimum atomic E-state index is -3.56. The van der Waals surface area contributed by atoms with Gasteiger partial charge in [0.15, 0.2) is 0 Å². The van der Waals surface area contributed by atoms with Gasteiger partial charge in [-0.15, -0.1) is 0 Å². The SMILES string of the molecule is COc1cccc(S(=O)(=O)N2CC[C@H](OC)[C@H]3OCC[C@@H]32)c1. The van der Waals surface area contributed by atoms with Crippen molar-refractivity contribution in [1.82, 2.24) is 4.31 Å². The van der Waals surface area contributed by atoms with E-state index in [2.05, 4.69) is 0 Å². The molecule has 122 valence electrons. The summed E-state index contributed by atoms with van der Waals surface area (Å²) >= 11 is 0. The van der Waals surface area contributed by atoms with Gasteiger partial charge in [-0.1, -0.05) is 6.07 Å². The number of nitrogens with zero attached hydrogens (tertiary/aromatic N) is 1. The van der Waals surface area contributed by atoms with Gasteiger partial charge < -0.3 is 14.2 Å². The van der Waals surface area contributed by atoms with E-state index < -0.39 is 10.0 Å². The summed E-state index contributed by atoms with van der Waals surface area (Å²) in [5, 5.41) is 0. The Hall–Kier alpha value is -1.15. The zero-order valence-electron chi connectivity index (χ0n) is 12.8. The first-order valence-electron chi connectivity index (χ1n) is 7.38. The highest BCUT2D eigenvalue weighted by molar-refractivity contribution is 7.89. The lowest BCUT2D eigenvalue weighted by molar-refractivity contribution is -0.0668. The van der Waals surface area contributed by atoms with Crippen molar-refractivity contribution in [3.8, 4) is 5.75 Å². The highest BCUT2D eigenvalue weighted by Gasteiger charge is 2.47. The summed E-state index contributed by atoms with van der Waals surface area (Å²) in [6.07, 6.45) is 1.12. The van der Waals surface area contributed by atoms with Gasteiger partial charge in [0, 0.05) is 26.3 Å². The molecule has 2 saturated heterocycles. The van der Waals surface area contributed by atoms with E-state index in [0.717, 1.165) is 0 Å². The Morgan fingerprint density at radius 3 is 2.82 bits per heavy atom. The van der Waals surface area contributed by atoms with Gasteiger partial charge in [-0.2, -0.15) is 4.31 Å². The molecule has 2 aliphatic rings. The predicted molar refractivity (Wildman–Crippen MR) is 80.4 cm³/mol. The molecule has 2 fully saturated rings. The van der Waals surface area contributed by atoms with Gasteiger partial charge in [0.2, 0.25) is 10.0 Å². The topological polar surface area (TPSA) is 65.1 Å². The monoisotopic (exact) mass is 327 g/mol. The summed E-state index contributed by atoms with van der Waals surface area (Å²) in [4.78, 5) is 0.258. The first-order valence-corrected chi connectivity index (χ1v) is 8.82. The molecule has 0 N–H and O–H groups in total. The normalized spacial score (nSPS) is 29.3. The summed E-state index contributed by atoms with van der Waals surface area (Å²) in [7, 11) is -0.390. The summed E-state index contributed by atoms with van der Waals surface area (Å²) in [5.74, 6) is 0.534. The largest absolute Gasteiger partial charge is 0.497 e. The van der Waals surface area contributed by atoms with Crippen molar-refractivity contribution in [2.45, 2.75) is 36.0 Å². The highest BCUT2D eigenvalue weighted by atomic mass is 32.2. The molecule has 1 aromatic rings. The second kappa shape index (κ2) is 6.16. The van der Waals surface area contributed by atoms with E-state index in [0.29, 0.717) is 31.7 Å². The molecule has 0 amide bonds. The maximum atomic E-state index is 13.0. The Labute approximate surface area is 131 Å². The van der Waals surface area contributed by atoms with Crippen LogP contribution in [-0.4, -0.2) is 58.3 Å². The molecule has 22 heavy (non-hydrogen) atoms. The molecule has 2 heterocycles. The maximum Gasteiger partial charge on any atom is 0.243 e. The molecular weight excluding hydrogens is 306 g/mol. The molecule has 0 unspecified atom stereocenters. The lowest BCUT2D eigenvalue weighted by Gasteiger charge is -2.39. The van der Waals surface area contributed by atoms with E-state index in [9.17, 15) is 8.42 Å². The van der Waals surface area contributed by atoms with Gasteiger partial charge in [0.1, 0.15) is 11.9 Å². The number of piperidine rings is 1. The molecule has 0 aliphatic carbocycles. The first kappa shape index (κ1) is 15.7. The highest BCUT2D eigenvalue weighted by Crippen LogP contribution is 2.34.